The quantitative estimate of drug-likeness (QED) is 0.103. The van der Waals surface area contributed by atoms with E-state index >= 15 is 0 Å². The van der Waals surface area contributed by atoms with Crippen molar-refractivity contribution in [3.05, 3.63) is 172 Å². The molecular formula is C50H47ClN4O6. The second-order valence-corrected chi connectivity index (χ2v) is 15.7. The van der Waals surface area contributed by atoms with Crippen LogP contribution < -0.4 is 5.73 Å². The van der Waals surface area contributed by atoms with E-state index in [1.807, 2.05) is 121 Å². The highest BCUT2D eigenvalue weighted by Gasteiger charge is 2.28. The fourth-order valence-electron chi connectivity index (χ4n) is 7.24. The second kappa shape index (κ2) is 18.6. The summed E-state index contributed by atoms with van der Waals surface area (Å²) in [7, 11) is 10.2. The van der Waals surface area contributed by atoms with Crippen molar-refractivity contribution in [2.45, 2.75) is 18.9 Å². The summed E-state index contributed by atoms with van der Waals surface area (Å²) < 4.78 is 0. The number of aliphatic hydroxyl groups is 1. The molecule has 3 N–H and O–H groups in total. The van der Waals surface area contributed by atoms with Gasteiger partial charge >= 0.3 is 5.37 Å². The summed E-state index contributed by atoms with van der Waals surface area (Å²) in [6, 6.07) is 40.3. The van der Waals surface area contributed by atoms with Gasteiger partial charge in [0.1, 0.15) is 6.10 Å². The Hall–Kier alpha value is -6.88. The molecule has 3 aliphatic carbocycles. The van der Waals surface area contributed by atoms with Gasteiger partial charge in [0.2, 0.25) is 11.8 Å². The molecule has 0 fully saturated rings. The lowest BCUT2D eigenvalue weighted by molar-refractivity contribution is -0.128. The number of ketones is 2. The zero-order chi connectivity index (χ0) is 44.1. The summed E-state index contributed by atoms with van der Waals surface area (Å²) in [5, 5.41) is 9.97. The van der Waals surface area contributed by atoms with Crippen molar-refractivity contribution in [2.75, 3.05) is 48.0 Å². The Balaban J connectivity index is 0.000000145. The third kappa shape index (κ3) is 9.46. The van der Waals surface area contributed by atoms with Crippen molar-refractivity contribution in [3.63, 3.8) is 0 Å². The minimum Gasteiger partial charge on any atom is -0.399 e. The molecular weight excluding hydrogens is 788 g/mol. The van der Waals surface area contributed by atoms with E-state index in [0.717, 1.165) is 72.3 Å². The van der Waals surface area contributed by atoms with Crippen LogP contribution in [0.4, 0.5) is 10.5 Å². The van der Waals surface area contributed by atoms with Gasteiger partial charge in [-0.25, -0.2) is 0 Å². The fourth-order valence-corrected chi connectivity index (χ4v) is 7.24. The number of likely N-dealkylation sites (N-methyl/N-ethyl adjacent to an activating group) is 2. The summed E-state index contributed by atoms with van der Waals surface area (Å²) in [5.74, 6) is 0.227. The van der Waals surface area contributed by atoms with E-state index in [1.54, 1.807) is 58.2 Å². The summed E-state index contributed by atoms with van der Waals surface area (Å²) in [4.78, 5) is 62.1. The molecule has 1 atom stereocenters. The number of anilines is 1. The normalized spacial score (nSPS) is 12.9. The van der Waals surface area contributed by atoms with E-state index in [9.17, 15) is 29.1 Å². The first kappa shape index (κ1) is 43.7. The summed E-state index contributed by atoms with van der Waals surface area (Å²) >= 11 is 4.90. The molecule has 0 aliphatic heterocycles. The lowest BCUT2D eigenvalue weighted by Gasteiger charge is -2.11. The molecule has 61 heavy (non-hydrogen) atoms. The van der Waals surface area contributed by atoms with E-state index in [2.05, 4.69) is 0 Å². The third-order valence-corrected chi connectivity index (χ3v) is 10.9. The summed E-state index contributed by atoms with van der Waals surface area (Å²) in [6.45, 7) is 0. The number of halogens is 1. The van der Waals surface area contributed by atoms with Crippen molar-refractivity contribution in [1.82, 2.24) is 14.7 Å². The van der Waals surface area contributed by atoms with E-state index < -0.39 is 11.5 Å². The largest absolute Gasteiger partial charge is 0.399 e. The van der Waals surface area contributed by atoms with E-state index in [4.69, 9.17) is 17.3 Å². The maximum atomic E-state index is 12.4. The van der Waals surface area contributed by atoms with Crippen LogP contribution in [0.2, 0.25) is 0 Å². The Kier molecular flexibility index (Phi) is 13.3. The number of carbonyl (C=O) groups excluding carboxylic acids is 5. The number of carbonyl (C=O) groups is 5. The van der Waals surface area contributed by atoms with Gasteiger partial charge in [-0.15, -0.1) is 0 Å². The maximum Gasteiger partial charge on any atom is 0.315 e. The summed E-state index contributed by atoms with van der Waals surface area (Å²) in [6.07, 6.45) is 0.100. The Labute approximate surface area is 360 Å². The van der Waals surface area contributed by atoms with Gasteiger partial charge in [0.25, 0.3) is 0 Å². The van der Waals surface area contributed by atoms with Crippen molar-refractivity contribution < 1.29 is 29.1 Å². The number of hydrogen-bond donors (Lipinski definition) is 2. The van der Waals surface area contributed by atoms with E-state index in [0.29, 0.717) is 24.1 Å². The van der Waals surface area contributed by atoms with Crippen LogP contribution in [0.3, 0.4) is 0 Å². The van der Waals surface area contributed by atoms with Crippen LogP contribution in [-0.2, 0) is 22.4 Å². The predicted molar refractivity (Wildman–Crippen MR) is 241 cm³/mol. The molecule has 3 amide bonds. The standard InChI is InChI=1S/C17H17NO2.C17H15NO2.C13H9NO.C3H6ClNO/c2*1-18(2)16(19)10-11-7-8-13-12-5-3-4-6-14(12)17(20)15(13)9-11;14-8-5-6-10-9-3-1-2-4-11(9)13(15)12(10)7-8;1-5(2)3(4)6/h3-9,17,20H,10H2,1-2H3;3-9H,10H2,1-2H3;1-7H,14H2;1-2H3. The van der Waals surface area contributed by atoms with Gasteiger partial charge in [0, 0.05) is 70.2 Å². The number of rotatable bonds is 4. The highest BCUT2D eigenvalue weighted by Crippen LogP contribution is 2.43. The van der Waals surface area contributed by atoms with Crippen molar-refractivity contribution in [1.29, 1.82) is 0 Å². The molecule has 310 valence electrons. The molecule has 0 bridgehead atoms. The number of nitrogen functional groups attached to an aromatic ring is 1. The van der Waals surface area contributed by atoms with Crippen molar-refractivity contribution >= 4 is 46.0 Å². The first-order valence-electron chi connectivity index (χ1n) is 19.5. The van der Waals surface area contributed by atoms with Gasteiger partial charge in [-0.05, 0) is 85.4 Å². The van der Waals surface area contributed by atoms with E-state index in [-0.39, 0.29) is 23.4 Å². The topological polar surface area (TPSA) is 141 Å². The predicted octanol–water partition coefficient (Wildman–Crippen LogP) is 8.30. The highest BCUT2D eigenvalue weighted by atomic mass is 35.5. The number of nitrogens with zero attached hydrogens (tertiary/aromatic N) is 3. The number of fused-ring (bicyclic) bond motifs is 9. The number of nitrogens with two attached hydrogens (primary N) is 1. The van der Waals surface area contributed by atoms with Crippen LogP contribution in [0.25, 0.3) is 33.4 Å². The van der Waals surface area contributed by atoms with Gasteiger partial charge in [0.15, 0.2) is 11.6 Å². The molecule has 10 nitrogen and oxygen atoms in total. The number of hydrogen-bond acceptors (Lipinski definition) is 7. The number of amides is 3. The van der Waals surface area contributed by atoms with Gasteiger partial charge < -0.3 is 25.5 Å². The Bertz CT molecular complexity index is 2690. The lowest BCUT2D eigenvalue weighted by Crippen LogP contribution is -2.23. The smallest absolute Gasteiger partial charge is 0.315 e. The molecule has 0 saturated heterocycles. The van der Waals surface area contributed by atoms with Crippen LogP contribution in [0.5, 0.6) is 0 Å². The van der Waals surface area contributed by atoms with Gasteiger partial charge in [-0.2, -0.15) is 0 Å². The first-order valence-corrected chi connectivity index (χ1v) is 19.9. The minimum atomic E-state index is -0.587. The fraction of sp³-hybridized carbons (Fsp3) is 0.180. The lowest BCUT2D eigenvalue weighted by atomic mass is 10.0. The number of benzene rings is 6. The molecule has 0 radical (unpaired) electrons. The first-order chi connectivity index (χ1) is 29.1. The zero-order valence-corrected chi connectivity index (χ0v) is 35.7. The molecule has 0 heterocycles. The van der Waals surface area contributed by atoms with Crippen LogP contribution in [0, 0.1) is 0 Å². The van der Waals surface area contributed by atoms with Gasteiger partial charge in [-0.1, -0.05) is 109 Å². The highest BCUT2D eigenvalue weighted by molar-refractivity contribution is 6.62. The molecule has 11 heteroatoms. The zero-order valence-electron chi connectivity index (χ0n) is 34.9. The van der Waals surface area contributed by atoms with Gasteiger partial charge in [-0.3, -0.25) is 24.0 Å². The maximum absolute atomic E-state index is 12.4. The second-order valence-electron chi connectivity index (χ2n) is 15.4. The number of aliphatic hydroxyl groups excluding tert-OH is 1. The minimum absolute atomic E-state index is 0.0351. The van der Waals surface area contributed by atoms with Crippen LogP contribution in [0.15, 0.2) is 127 Å². The molecule has 0 spiro atoms. The Morgan fingerprint density at radius 3 is 1.36 bits per heavy atom. The molecule has 3 aliphatic rings. The van der Waals surface area contributed by atoms with Crippen molar-refractivity contribution in [3.8, 4) is 33.4 Å². The average molecular weight is 835 g/mol. The third-order valence-electron chi connectivity index (χ3n) is 10.6. The van der Waals surface area contributed by atoms with Gasteiger partial charge in [0.05, 0.1) is 12.8 Å². The average Bonchev–Trinajstić information content (AvgIpc) is 3.81. The van der Waals surface area contributed by atoms with Crippen LogP contribution >= 0.6 is 11.6 Å². The van der Waals surface area contributed by atoms with Crippen molar-refractivity contribution in [2.24, 2.45) is 0 Å². The van der Waals surface area contributed by atoms with Crippen LogP contribution in [-0.4, -0.2) is 90.8 Å². The molecule has 0 saturated carbocycles. The molecule has 1 unspecified atom stereocenters. The molecule has 0 aromatic heterocycles. The monoisotopic (exact) mass is 834 g/mol. The SMILES string of the molecule is CN(C)C(=O)Cc1ccc2c(c1)C(=O)c1ccccc1-2.CN(C)C(=O)Cc1ccc2c(c1)C(O)c1ccccc1-2.CN(C)C(=O)Cl.Nc1ccc2c(c1)C(=O)c1ccccc1-2. The molecule has 6 aromatic rings. The Morgan fingerprint density at radius 1 is 0.492 bits per heavy atom. The van der Waals surface area contributed by atoms with E-state index in [1.165, 1.54) is 4.90 Å². The summed E-state index contributed by atoms with van der Waals surface area (Å²) in [5.41, 5.74) is 19.0. The molecule has 6 aromatic carbocycles. The molecule has 9 rings (SSSR count). The Morgan fingerprint density at radius 2 is 0.869 bits per heavy atom. The van der Waals surface area contributed by atoms with Crippen LogP contribution in [0.1, 0.15) is 60.2 Å².